The maximum atomic E-state index is 6.49. The molecule has 0 amide bonds. The molecule has 0 saturated carbocycles. The lowest BCUT2D eigenvalue weighted by molar-refractivity contribution is 0.411. The Morgan fingerprint density at radius 1 is 0.340 bits per heavy atom. The minimum absolute atomic E-state index is 0.837. The van der Waals surface area contributed by atoms with Gasteiger partial charge in [-0.15, -0.1) is 0 Å². The minimum Gasteiger partial charge on any atom is -0.496 e. The van der Waals surface area contributed by atoms with E-state index in [9.17, 15) is 0 Å². The van der Waals surface area contributed by atoms with Gasteiger partial charge in [0.25, 0.3) is 0 Å². The van der Waals surface area contributed by atoms with Crippen LogP contribution in [-0.2, 0) is 0 Å². The van der Waals surface area contributed by atoms with E-state index < -0.39 is 15.8 Å². The van der Waals surface area contributed by atoms with Gasteiger partial charge in [0.05, 0.1) is 14.2 Å². The first-order chi connectivity index (χ1) is 24.8. The van der Waals surface area contributed by atoms with Gasteiger partial charge in [0.1, 0.15) is 11.5 Å². The van der Waals surface area contributed by atoms with Gasteiger partial charge in [0.15, 0.2) is 0 Å². The van der Waals surface area contributed by atoms with Gasteiger partial charge in [-0.3, -0.25) is 0 Å². The summed E-state index contributed by atoms with van der Waals surface area (Å²) in [4.78, 5) is 0. The van der Waals surface area contributed by atoms with E-state index in [1.165, 1.54) is 42.6 Å². The lowest BCUT2D eigenvalue weighted by Gasteiger charge is -2.30. The van der Waals surface area contributed by atoms with Crippen molar-refractivity contribution < 1.29 is 9.47 Å². The number of ether oxygens (including phenoxy) is 2. The van der Waals surface area contributed by atoms with Crippen molar-refractivity contribution in [1.29, 1.82) is 0 Å². The molecule has 0 saturated heterocycles. The molecule has 0 atom stereocenters. The van der Waals surface area contributed by atoms with Crippen LogP contribution >= 0.6 is 15.8 Å². The molecule has 0 aliphatic rings. The van der Waals surface area contributed by atoms with E-state index in [-0.39, 0.29) is 0 Å². The highest BCUT2D eigenvalue weighted by Gasteiger charge is 2.32. The highest BCUT2D eigenvalue weighted by atomic mass is 31.1. The van der Waals surface area contributed by atoms with Gasteiger partial charge in [-0.1, -0.05) is 170 Å². The summed E-state index contributed by atoms with van der Waals surface area (Å²) in [6.07, 6.45) is 0. The molecule has 0 spiro atoms. The zero-order chi connectivity index (χ0) is 33.9. The largest absolute Gasteiger partial charge is 0.496 e. The van der Waals surface area contributed by atoms with Crippen molar-refractivity contribution in [3.63, 3.8) is 0 Å². The van der Waals surface area contributed by atoms with Gasteiger partial charge in [-0.05, 0) is 70.7 Å². The third-order valence-corrected chi connectivity index (χ3v) is 14.2. The number of hydrogen-bond acceptors (Lipinski definition) is 2. The van der Waals surface area contributed by atoms with Crippen molar-refractivity contribution in [3.05, 3.63) is 182 Å². The lowest BCUT2D eigenvalue weighted by Crippen LogP contribution is -2.27. The molecule has 242 valence electrons. The maximum absolute atomic E-state index is 6.49. The van der Waals surface area contributed by atoms with Crippen molar-refractivity contribution in [2.75, 3.05) is 14.2 Å². The van der Waals surface area contributed by atoms with E-state index >= 15 is 0 Å². The van der Waals surface area contributed by atoms with Crippen LogP contribution in [0.4, 0.5) is 0 Å². The van der Waals surface area contributed by atoms with E-state index in [4.69, 9.17) is 9.47 Å². The topological polar surface area (TPSA) is 18.5 Å². The van der Waals surface area contributed by atoms with E-state index in [0.29, 0.717) is 0 Å². The molecule has 0 bridgehead atoms. The predicted molar refractivity (Wildman–Crippen MR) is 217 cm³/mol. The monoisotopic (exact) mass is 682 g/mol. The molecule has 4 heteroatoms. The summed E-state index contributed by atoms with van der Waals surface area (Å²) in [7, 11) is 1.52. The van der Waals surface area contributed by atoms with E-state index in [1.54, 1.807) is 14.2 Å². The molecule has 0 heterocycles. The molecule has 0 radical (unpaired) electrons. The summed E-state index contributed by atoms with van der Waals surface area (Å²) in [5.41, 5.74) is 2.17. The molecule has 0 fully saturated rings. The van der Waals surface area contributed by atoms with Crippen LogP contribution in [0.5, 0.6) is 11.5 Å². The van der Waals surface area contributed by atoms with Crippen LogP contribution in [0.1, 0.15) is 0 Å². The lowest BCUT2D eigenvalue weighted by atomic mass is 9.96. The van der Waals surface area contributed by atoms with Gasteiger partial charge < -0.3 is 9.47 Å². The van der Waals surface area contributed by atoms with Crippen LogP contribution in [0.25, 0.3) is 32.7 Å². The Kier molecular flexibility index (Phi) is 9.15. The Bertz CT molecular complexity index is 2140. The molecule has 0 aromatic heterocycles. The normalized spacial score (nSPS) is 11.4. The van der Waals surface area contributed by atoms with Crippen LogP contribution in [0.3, 0.4) is 0 Å². The average Bonchev–Trinajstić information content (AvgIpc) is 3.19. The molecular weight excluding hydrogens is 646 g/mol. The zero-order valence-corrected chi connectivity index (χ0v) is 29.8. The molecule has 0 unspecified atom stereocenters. The maximum Gasteiger partial charge on any atom is 0.128 e. The molecule has 0 aliphatic carbocycles. The molecule has 8 rings (SSSR count). The van der Waals surface area contributed by atoms with Crippen molar-refractivity contribution >= 4 is 69.2 Å². The quantitative estimate of drug-likeness (QED) is 0.141. The minimum atomic E-state index is -1.04. The van der Waals surface area contributed by atoms with Gasteiger partial charge in [-0.2, -0.15) is 0 Å². The number of benzene rings is 8. The summed E-state index contributed by atoms with van der Waals surface area (Å²) >= 11 is 0. The summed E-state index contributed by atoms with van der Waals surface area (Å²) in [5, 5.41) is 12.4. The molecular formula is C46H36O2P2. The van der Waals surface area contributed by atoms with Crippen LogP contribution in [0.2, 0.25) is 0 Å². The molecule has 0 N–H and O–H groups in total. The molecule has 2 nitrogen and oxygen atoms in total. The zero-order valence-electron chi connectivity index (χ0n) is 28.0. The summed E-state index contributed by atoms with van der Waals surface area (Å²) in [6, 6.07) is 65.8. The fourth-order valence-corrected chi connectivity index (χ4v) is 12.3. The van der Waals surface area contributed by atoms with Crippen molar-refractivity contribution in [3.8, 4) is 22.6 Å². The third-order valence-electron chi connectivity index (χ3n) is 9.17. The highest BCUT2D eigenvalue weighted by Crippen LogP contribution is 2.50. The van der Waals surface area contributed by atoms with Crippen LogP contribution in [-0.4, -0.2) is 14.2 Å². The summed E-state index contributed by atoms with van der Waals surface area (Å²) < 4.78 is 13.0. The highest BCUT2D eigenvalue weighted by molar-refractivity contribution is 7.81. The predicted octanol–water partition coefficient (Wildman–Crippen LogP) is 9.19. The SMILES string of the molecule is COc1cc2ccccc2c(P(c2ccccc2)c2ccccc2)c1-c1c(OC)cc2ccccc2c1P(c1ccccc1)c1ccccc1. The molecule has 0 aliphatic heterocycles. The number of rotatable bonds is 9. The van der Waals surface area contributed by atoms with Crippen molar-refractivity contribution in [2.45, 2.75) is 0 Å². The third kappa shape index (κ3) is 5.86. The fraction of sp³-hybridized carbons (Fsp3) is 0.0435. The second-order valence-electron chi connectivity index (χ2n) is 12.1. The van der Waals surface area contributed by atoms with Crippen LogP contribution in [0.15, 0.2) is 182 Å². The van der Waals surface area contributed by atoms with Gasteiger partial charge in [0, 0.05) is 21.7 Å². The van der Waals surface area contributed by atoms with Crippen molar-refractivity contribution in [1.82, 2.24) is 0 Å². The second-order valence-corrected chi connectivity index (χ2v) is 16.4. The molecule has 50 heavy (non-hydrogen) atoms. The van der Waals surface area contributed by atoms with Crippen LogP contribution < -0.4 is 41.3 Å². The Hall–Kier alpha value is -5.26. The van der Waals surface area contributed by atoms with E-state index in [0.717, 1.165) is 33.4 Å². The van der Waals surface area contributed by atoms with Gasteiger partial charge in [0.2, 0.25) is 0 Å². The smallest absolute Gasteiger partial charge is 0.128 e. The molecule has 8 aromatic carbocycles. The van der Waals surface area contributed by atoms with Gasteiger partial charge >= 0.3 is 0 Å². The summed E-state index contributed by atoms with van der Waals surface area (Å²) in [6.45, 7) is 0. The van der Waals surface area contributed by atoms with Crippen molar-refractivity contribution in [2.24, 2.45) is 0 Å². The summed E-state index contributed by atoms with van der Waals surface area (Å²) in [5.74, 6) is 1.67. The second kappa shape index (κ2) is 14.3. The Labute approximate surface area is 296 Å². The average molecular weight is 683 g/mol. The molecule has 8 aromatic rings. The van der Waals surface area contributed by atoms with E-state index in [1.807, 2.05) is 0 Å². The first-order valence-electron chi connectivity index (χ1n) is 16.8. The van der Waals surface area contributed by atoms with Crippen LogP contribution in [0, 0.1) is 0 Å². The first-order valence-corrected chi connectivity index (χ1v) is 19.5. The Balaban J connectivity index is 1.60. The number of methoxy groups -OCH3 is 2. The Morgan fingerprint density at radius 3 is 0.920 bits per heavy atom. The van der Waals surface area contributed by atoms with E-state index in [2.05, 4.69) is 182 Å². The number of hydrogen-bond donors (Lipinski definition) is 0. The Morgan fingerprint density at radius 2 is 0.620 bits per heavy atom. The van der Waals surface area contributed by atoms with Gasteiger partial charge in [-0.25, -0.2) is 0 Å². The first kappa shape index (κ1) is 32.0. The fourth-order valence-electron chi connectivity index (χ4n) is 7.00. The number of fused-ring (bicyclic) bond motifs is 2. The standard InChI is InChI=1S/C46H36O2P2/c1-47-41-31-33-19-15-17-29-39(33)45(49(35-21-7-3-8-22-35)36-23-9-4-10-24-36)43(41)44-42(48-2)32-34-20-16-18-30-40(34)46(44)50(37-25-11-5-12-26-37)38-27-13-6-14-28-38/h3-32H,1-2H3.